The lowest BCUT2D eigenvalue weighted by Gasteiger charge is -2.44. The summed E-state index contributed by atoms with van der Waals surface area (Å²) < 4.78 is 21.6. The fourth-order valence-electron chi connectivity index (χ4n) is 7.23. The van der Waals surface area contributed by atoms with Crippen LogP contribution in [0.5, 0.6) is 5.75 Å². The maximum atomic E-state index is 13.5. The zero-order chi connectivity index (χ0) is 31.9. The molecular formula is C37H51ClN2O4S. The summed E-state index contributed by atoms with van der Waals surface area (Å²) in [7, 11) is 1.73. The molecule has 2 aromatic carbocycles. The molecule has 4 unspecified atom stereocenters. The van der Waals surface area contributed by atoms with Crippen LogP contribution in [0.15, 0.2) is 48.6 Å². The van der Waals surface area contributed by atoms with Crippen LogP contribution in [0.1, 0.15) is 80.8 Å². The molecule has 3 aliphatic rings. The van der Waals surface area contributed by atoms with Crippen LogP contribution >= 0.6 is 23.5 Å². The zero-order valence-corrected chi connectivity index (χ0v) is 29.2. The zero-order valence-electron chi connectivity index (χ0n) is 27.6. The Hall–Kier alpha value is -2.19. The molecular weight excluding hydrogens is 604 g/mol. The van der Waals surface area contributed by atoms with Gasteiger partial charge in [0.25, 0.3) is 5.91 Å². The molecule has 6 nitrogen and oxygen atoms in total. The number of ether oxygens (including phenoxy) is 3. The number of fused-ring (bicyclic) bond motifs is 2. The molecule has 1 N–H and O–H groups in total. The minimum Gasteiger partial charge on any atom is -0.491 e. The van der Waals surface area contributed by atoms with Crippen LogP contribution in [0.2, 0.25) is 5.02 Å². The van der Waals surface area contributed by atoms with E-state index in [2.05, 4.69) is 61.6 Å². The second-order valence-corrected chi connectivity index (χ2v) is 14.8. The average molecular weight is 655 g/mol. The smallest absolute Gasteiger partial charge is 0.261 e. The first-order chi connectivity index (χ1) is 21.8. The van der Waals surface area contributed by atoms with E-state index >= 15 is 0 Å². The molecule has 0 spiro atoms. The molecule has 0 aromatic heterocycles. The second-order valence-electron chi connectivity index (χ2n) is 13.4. The normalized spacial score (nSPS) is 28.0. The molecule has 2 aliphatic heterocycles. The van der Waals surface area contributed by atoms with E-state index in [9.17, 15) is 4.79 Å². The molecule has 1 amide bonds. The summed E-state index contributed by atoms with van der Waals surface area (Å²) in [4.78, 5) is 16.0. The van der Waals surface area contributed by atoms with Crippen molar-refractivity contribution in [3.8, 4) is 5.75 Å². The minimum absolute atomic E-state index is 0.0555. The first-order valence-corrected chi connectivity index (χ1v) is 18.1. The number of aryl methyl sites for hydroxylation is 1. The number of nitrogens with zero attached hydrogens (tertiary/aromatic N) is 1. The Morgan fingerprint density at radius 3 is 2.71 bits per heavy atom. The topological polar surface area (TPSA) is 60.0 Å². The molecule has 1 aliphatic carbocycles. The van der Waals surface area contributed by atoms with Crippen LogP contribution in [-0.2, 0) is 15.9 Å². The highest BCUT2D eigenvalue weighted by molar-refractivity contribution is 7.98. The molecule has 0 radical (unpaired) electrons. The molecule has 1 fully saturated rings. The van der Waals surface area contributed by atoms with Gasteiger partial charge in [0, 0.05) is 42.0 Å². The van der Waals surface area contributed by atoms with Crippen LogP contribution < -0.4 is 14.4 Å². The van der Waals surface area contributed by atoms with Gasteiger partial charge in [-0.2, -0.15) is 0 Å². The number of nitrogens with one attached hydrogen (secondary N) is 1. The van der Waals surface area contributed by atoms with Crippen molar-refractivity contribution in [2.45, 2.75) is 77.1 Å². The lowest BCUT2D eigenvalue weighted by Crippen LogP contribution is -2.45. The highest BCUT2D eigenvalue weighted by atomic mass is 35.5. The fraction of sp³-hybridized carbons (Fsp3) is 0.595. The quantitative estimate of drug-likeness (QED) is 0.175. The number of benzene rings is 2. The predicted octanol–water partition coefficient (Wildman–Crippen LogP) is 8.33. The number of methoxy groups -OCH3 is 1. The van der Waals surface area contributed by atoms with Gasteiger partial charge in [-0.25, -0.2) is 0 Å². The lowest BCUT2D eigenvalue weighted by molar-refractivity contribution is -0.0308. The number of halogens is 1. The fourth-order valence-corrected chi connectivity index (χ4v) is 8.40. The van der Waals surface area contributed by atoms with Gasteiger partial charge in [0.15, 0.2) is 0 Å². The Labute approximate surface area is 279 Å². The number of rotatable bonds is 8. The van der Waals surface area contributed by atoms with E-state index in [0.29, 0.717) is 49.1 Å². The largest absolute Gasteiger partial charge is 0.491 e. The third-order valence-electron chi connectivity index (χ3n) is 9.80. The van der Waals surface area contributed by atoms with Crippen LogP contribution in [0.25, 0.3) is 0 Å². The van der Waals surface area contributed by atoms with Crippen LogP contribution in [-0.4, -0.2) is 57.3 Å². The van der Waals surface area contributed by atoms with E-state index < -0.39 is 0 Å². The molecule has 2 bridgehead atoms. The van der Waals surface area contributed by atoms with E-state index in [1.54, 1.807) is 19.1 Å². The molecule has 5 rings (SSSR count). The summed E-state index contributed by atoms with van der Waals surface area (Å²) in [5.41, 5.74) is 4.26. The monoisotopic (exact) mass is 654 g/mol. The van der Waals surface area contributed by atoms with Crippen molar-refractivity contribution in [1.29, 1.82) is 0 Å². The van der Waals surface area contributed by atoms with E-state index in [1.165, 1.54) is 11.1 Å². The molecule has 2 aromatic rings. The SMILES string of the molecule is CCCc1cc(Cl)ccc1[C@@H]1COc2ccc3cc2N(CC2CCC2C(OCCOC)/C=C/C[C@@H](C)C(C(C)C)SNC3=O)C1. The summed E-state index contributed by atoms with van der Waals surface area (Å²) in [6.07, 6.45) is 9.96. The standard InChI is InChI=1S/C37H51ClN2O4S/c1-6-8-26-19-30(38)13-15-31(26)29-22-40-21-28-11-14-32(28)34(43-18-17-42-5)10-7-9-25(4)36(24(2)3)45-39-37(41)27-12-16-35(44-23-29)33(40)20-27/h7,10,12-13,15-16,19-20,24-25,28-29,32,34,36H,6,8-9,11,14,17-18,21-23H2,1-5H3,(H,39,41)/b10-7+/t25-,28?,29+,32?,34?,36?/m1/s1. The van der Waals surface area contributed by atoms with Crippen molar-refractivity contribution in [3.05, 3.63) is 70.3 Å². The number of hydrogen-bond donors (Lipinski definition) is 1. The van der Waals surface area contributed by atoms with E-state index in [1.807, 2.05) is 24.3 Å². The highest BCUT2D eigenvalue weighted by Crippen LogP contribution is 2.43. The van der Waals surface area contributed by atoms with Crippen molar-refractivity contribution >= 4 is 35.1 Å². The van der Waals surface area contributed by atoms with Crippen molar-refractivity contribution in [2.24, 2.45) is 23.7 Å². The van der Waals surface area contributed by atoms with Crippen molar-refractivity contribution in [1.82, 2.24) is 4.72 Å². The van der Waals surface area contributed by atoms with E-state index in [0.717, 1.165) is 61.7 Å². The number of anilines is 1. The number of carbonyl (C=O) groups is 1. The third-order valence-corrected chi connectivity index (χ3v) is 11.6. The highest BCUT2D eigenvalue weighted by Gasteiger charge is 2.39. The van der Waals surface area contributed by atoms with E-state index in [-0.39, 0.29) is 23.2 Å². The maximum absolute atomic E-state index is 13.5. The summed E-state index contributed by atoms with van der Waals surface area (Å²) in [6, 6.07) is 12.2. The Morgan fingerprint density at radius 1 is 1.13 bits per heavy atom. The van der Waals surface area contributed by atoms with Crippen LogP contribution in [0.3, 0.4) is 0 Å². The first-order valence-electron chi connectivity index (χ1n) is 16.8. The number of carbonyl (C=O) groups excluding carboxylic acids is 1. The van der Waals surface area contributed by atoms with Gasteiger partial charge in [-0.15, -0.1) is 0 Å². The average Bonchev–Trinajstić information content (AvgIpc) is 3.18. The van der Waals surface area contributed by atoms with Gasteiger partial charge >= 0.3 is 0 Å². The number of hydrogen-bond acceptors (Lipinski definition) is 6. The third kappa shape index (κ3) is 8.40. The summed E-state index contributed by atoms with van der Waals surface area (Å²) in [6.45, 7) is 12.4. The van der Waals surface area contributed by atoms with Gasteiger partial charge in [0.1, 0.15) is 5.75 Å². The molecule has 2 heterocycles. The van der Waals surface area contributed by atoms with Gasteiger partial charge in [-0.1, -0.05) is 63.9 Å². The van der Waals surface area contributed by atoms with Crippen molar-refractivity contribution < 1.29 is 19.0 Å². The lowest BCUT2D eigenvalue weighted by atomic mass is 9.70. The molecule has 1 saturated carbocycles. The Balaban J connectivity index is 1.51. The van der Waals surface area contributed by atoms with Gasteiger partial charge in [0.05, 0.1) is 31.6 Å². The van der Waals surface area contributed by atoms with Gasteiger partial charge in [-0.3, -0.25) is 9.52 Å². The first kappa shape index (κ1) is 34.2. The molecule has 246 valence electrons. The Bertz CT molecular complexity index is 1320. The maximum Gasteiger partial charge on any atom is 0.261 e. The second kappa shape index (κ2) is 16.1. The molecule has 45 heavy (non-hydrogen) atoms. The van der Waals surface area contributed by atoms with Gasteiger partial charge < -0.3 is 19.1 Å². The van der Waals surface area contributed by atoms with Crippen molar-refractivity contribution in [3.63, 3.8) is 0 Å². The Kier molecular flexibility index (Phi) is 12.2. The summed E-state index contributed by atoms with van der Waals surface area (Å²) >= 11 is 8.01. The number of allylic oxidation sites excluding steroid dienone is 1. The van der Waals surface area contributed by atoms with Crippen LogP contribution in [0, 0.1) is 23.7 Å². The summed E-state index contributed by atoms with van der Waals surface area (Å²) in [5.74, 6) is 2.67. The van der Waals surface area contributed by atoms with Gasteiger partial charge in [-0.05, 0) is 103 Å². The molecule has 6 atom stereocenters. The minimum atomic E-state index is -0.0555. The Morgan fingerprint density at radius 2 is 1.98 bits per heavy atom. The predicted molar refractivity (Wildman–Crippen MR) is 187 cm³/mol. The number of amides is 1. The van der Waals surface area contributed by atoms with E-state index in [4.69, 9.17) is 25.8 Å². The summed E-state index contributed by atoms with van der Waals surface area (Å²) in [5, 5.41) is 1.06. The van der Waals surface area contributed by atoms with Crippen molar-refractivity contribution in [2.75, 3.05) is 44.9 Å². The van der Waals surface area contributed by atoms with Gasteiger partial charge in [0.2, 0.25) is 0 Å². The molecule has 0 saturated heterocycles. The molecule has 8 heteroatoms. The van der Waals surface area contributed by atoms with Crippen LogP contribution in [0.4, 0.5) is 5.69 Å².